The number of nitriles is 2. The van der Waals surface area contributed by atoms with E-state index in [9.17, 15) is 45.3 Å². The van der Waals surface area contributed by atoms with Crippen LogP contribution >= 0.6 is 68.0 Å². The Bertz CT molecular complexity index is 1880. The Balaban J connectivity index is 1.75. The molecule has 0 atom stereocenters. The Hall–Kier alpha value is -3.17. The van der Waals surface area contributed by atoms with Crippen LogP contribution in [0.4, 0.5) is 38.0 Å². The third-order valence-corrected chi connectivity index (χ3v) is 11.6. The lowest BCUT2D eigenvalue weighted by Gasteiger charge is -2.13. The van der Waals surface area contributed by atoms with Crippen molar-refractivity contribution in [2.45, 2.75) is 22.1 Å². The van der Waals surface area contributed by atoms with Gasteiger partial charge in [-0.05, 0) is 24.3 Å². The summed E-state index contributed by atoms with van der Waals surface area (Å²) in [6.45, 7) is 0. The fourth-order valence-electron chi connectivity index (χ4n) is 3.57. The molecular weight excluding hydrogens is 760 g/mol. The molecule has 10 nitrogen and oxygen atoms in total. The minimum Gasteiger partial charge on any atom is -0.383 e. The van der Waals surface area contributed by atoms with Crippen molar-refractivity contribution in [1.29, 1.82) is 10.5 Å². The molecule has 0 bridgehead atoms. The highest BCUT2D eigenvalue weighted by atomic mass is 35.5. The van der Waals surface area contributed by atoms with Crippen molar-refractivity contribution in [2.24, 2.45) is 0 Å². The van der Waals surface area contributed by atoms with Crippen LogP contribution in [0.1, 0.15) is 22.5 Å². The highest BCUT2D eigenvalue weighted by Gasteiger charge is 2.35. The first-order valence-corrected chi connectivity index (χ1v) is 16.7. The Kier molecular flexibility index (Phi) is 9.42. The largest absolute Gasteiger partial charge is 0.416 e. The zero-order valence-corrected chi connectivity index (χ0v) is 26.4. The van der Waals surface area contributed by atoms with Gasteiger partial charge in [-0.25, -0.2) is 17.8 Å². The SMILES string of the molecule is N#Cc1nn(-c2c(Cl)cc(C(F)(F)F)cc2Cl)c(N)c1SS(=O)(=O)Sc1c(C#N)nn(-c2c(Cl)cc(C(F)(F)F)cc2Cl)c1N. The molecule has 2 aromatic carbocycles. The molecule has 45 heavy (non-hydrogen) atoms. The first-order chi connectivity index (χ1) is 20.7. The van der Waals surface area contributed by atoms with Crippen molar-refractivity contribution in [3.63, 3.8) is 0 Å². The van der Waals surface area contributed by atoms with E-state index in [1.165, 1.54) is 0 Å². The number of aromatic nitrogens is 4. The molecule has 0 amide bonds. The number of halogens is 10. The third-order valence-electron chi connectivity index (χ3n) is 5.45. The van der Waals surface area contributed by atoms with Crippen molar-refractivity contribution in [3.05, 3.63) is 66.9 Å². The summed E-state index contributed by atoms with van der Waals surface area (Å²) >= 11 is 24.0. The number of nitrogens with two attached hydrogens (primary N) is 2. The van der Waals surface area contributed by atoms with Gasteiger partial charge in [0.15, 0.2) is 11.4 Å². The summed E-state index contributed by atoms with van der Waals surface area (Å²) in [6.07, 6.45) is -9.63. The van der Waals surface area contributed by atoms with Crippen molar-refractivity contribution in [3.8, 4) is 23.5 Å². The second-order valence-electron chi connectivity index (χ2n) is 8.32. The molecule has 0 aliphatic carbocycles. The molecule has 0 spiro atoms. The summed E-state index contributed by atoms with van der Waals surface area (Å²) in [5.41, 5.74) is 7.68. The van der Waals surface area contributed by atoms with Crippen LogP contribution < -0.4 is 11.5 Å². The molecule has 4 N–H and O–H groups in total. The topological polar surface area (TPSA) is 169 Å². The molecule has 0 aliphatic heterocycles. The fraction of sp³-hybridized carbons (Fsp3) is 0.0909. The maximum Gasteiger partial charge on any atom is 0.416 e. The second-order valence-corrected chi connectivity index (χ2v) is 16.2. The predicted molar refractivity (Wildman–Crippen MR) is 156 cm³/mol. The van der Waals surface area contributed by atoms with E-state index in [0.29, 0.717) is 33.6 Å². The molecule has 0 aliphatic rings. The van der Waals surface area contributed by atoms with Crippen LogP contribution in [0.25, 0.3) is 11.4 Å². The molecule has 2 aromatic heterocycles. The van der Waals surface area contributed by atoms with E-state index in [2.05, 4.69) is 10.2 Å². The molecule has 23 heteroatoms. The van der Waals surface area contributed by atoms with Gasteiger partial charge in [0, 0.05) is 21.6 Å². The van der Waals surface area contributed by atoms with E-state index in [4.69, 9.17) is 57.9 Å². The van der Waals surface area contributed by atoms with Gasteiger partial charge < -0.3 is 11.5 Å². The summed E-state index contributed by atoms with van der Waals surface area (Å²) in [5, 5.41) is 24.5. The van der Waals surface area contributed by atoms with Gasteiger partial charge in [-0.15, -0.1) is 0 Å². The number of anilines is 2. The van der Waals surface area contributed by atoms with Crippen LogP contribution in [-0.4, -0.2) is 28.0 Å². The summed E-state index contributed by atoms with van der Waals surface area (Å²) in [5.74, 6) is -1.12. The number of nitrogen functional groups attached to an aromatic ring is 2. The van der Waals surface area contributed by atoms with Gasteiger partial charge in [0.1, 0.15) is 44.9 Å². The molecule has 0 saturated heterocycles. The van der Waals surface area contributed by atoms with Crippen LogP contribution in [0.3, 0.4) is 0 Å². The van der Waals surface area contributed by atoms with Crippen molar-refractivity contribution in [2.75, 3.05) is 11.5 Å². The Morgan fingerprint density at radius 3 is 1.22 bits per heavy atom. The summed E-state index contributed by atoms with van der Waals surface area (Å²) in [6, 6.07) is 5.29. The number of hydrogen-bond acceptors (Lipinski definition) is 10. The van der Waals surface area contributed by atoms with E-state index in [1.54, 1.807) is 12.1 Å². The van der Waals surface area contributed by atoms with Gasteiger partial charge in [0.05, 0.1) is 31.2 Å². The van der Waals surface area contributed by atoms with Gasteiger partial charge in [0.25, 0.3) is 7.90 Å². The number of hydrogen-bond donors (Lipinski definition) is 2. The summed E-state index contributed by atoms with van der Waals surface area (Å²) in [7, 11) is -4.68. The Morgan fingerprint density at radius 2 is 0.978 bits per heavy atom. The minimum absolute atomic E-state index is 0.0438. The molecule has 4 rings (SSSR count). The zero-order chi connectivity index (χ0) is 33.8. The molecule has 236 valence electrons. The molecule has 2 heterocycles. The molecule has 0 fully saturated rings. The average Bonchev–Trinajstić information content (AvgIpc) is 3.37. The lowest BCUT2D eigenvalue weighted by molar-refractivity contribution is -0.138. The maximum absolute atomic E-state index is 13.2. The van der Waals surface area contributed by atoms with Gasteiger partial charge in [0.2, 0.25) is 0 Å². The second kappa shape index (κ2) is 12.2. The molecule has 0 unspecified atom stereocenters. The van der Waals surface area contributed by atoms with E-state index < -0.39 is 84.3 Å². The highest BCUT2D eigenvalue weighted by molar-refractivity contribution is 9.04. The normalized spacial score (nSPS) is 12.3. The van der Waals surface area contributed by atoms with Crippen LogP contribution in [0.2, 0.25) is 20.1 Å². The average molecular weight is 768 g/mol. The Morgan fingerprint density at radius 1 is 0.689 bits per heavy atom. The van der Waals surface area contributed by atoms with E-state index >= 15 is 0 Å². The number of alkyl halides is 6. The van der Waals surface area contributed by atoms with Crippen molar-refractivity contribution in [1.82, 2.24) is 19.6 Å². The Labute approximate surface area is 275 Å². The molecule has 0 radical (unpaired) electrons. The van der Waals surface area contributed by atoms with Gasteiger partial charge in [-0.2, -0.15) is 47.1 Å². The summed E-state index contributed by atoms with van der Waals surface area (Å²) in [4.78, 5) is -0.981. The first kappa shape index (κ1) is 34.7. The van der Waals surface area contributed by atoms with Gasteiger partial charge in [-0.1, -0.05) is 46.4 Å². The van der Waals surface area contributed by atoms with Crippen LogP contribution in [0, 0.1) is 22.7 Å². The van der Waals surface area contributed by atoms with Gasteiger partial charge in [-0.3, -0.25) is 0 Å². The quantitative estimate of drug-likeness (QED) is 0.146. The van der Waals surface area contributed by atoms with Crippen molar-refractivity contribution >= 4 is 87.5 Å². The smallest absolute Gasteiger partial charge is 0.383 e. The lowest BCUT2D eigenvalue weighted by atomic mass is 10.2. The number of benzene rings is 2. The monoisotopic (exact) mass is 766 g/mol. The standard InChI is InChI=1S/C22H8Cl4F6N8O2S3/c23-9-1-7(21(27,28)29)2-10(24)15(9)39-19(35)17(13(5-33)37-39)43-45(41,42)44-18-14(6-34)38-40(20(18)36)16-11(25)3-8(4-12(16)26)22(30,31)32/h1-4H,35-36H2. The zero-order valence-electron chi connectivity index (χ0n) is 21.0. The lowest BCUT2D eigenvalue weighted by Crippen LogP contribution is -2.08. The third kappa shape index (κ3) is 6.85. The first-order valence-electron chi connectivity index (χ1n) is 11.0. The molecule has 4 aromatic rings. The fourth-order valence-corrected chi connectivity index (χ4v) is 9.82. The van der Waals surface area contributed by atoms with E-state index in [-0.39, 0.29) is 33.0 Å². The maximum atomic E-state index is 13.2. The van der Waals surface area contributed by atoms with Crippen LogP contribution in [-0.2, 0) is 20.3 Å². The molecule has 0 saturated carbocycles. The number of rotatable bonds is 6. The summed E-state index contributed by atoms with van der Waals surface area (Å²) < 4.78 is 107. The number of nitrogens with zero attached hydrogens (tertiary/aromatic N) is 6. The van der Waals surface area contributed by atoms with Gasteiger partial charge >= 0.3 is 12.4 Å². The van der Waals surface area contributed by atoms with Crippen molar-refractivity contribution < 1.29 is 34.8 Å². The van der Waals surface area contributed by atoms with Crippen LogP contribution in [0.15, 0.2) is 34.1 Å². The minimum atomic E-state index is -4.81. The molecular formula is C22H8Cl4F6N8O2S3. The predicted octanol–water partition coefficient (Wildman–Crippen LogP) is 7.75. The van der Waals surface area contributed by atoms with Crippen LogP contribution in [0.5, 0.6) is 0 Å². The van der Waals surface area contributed by atoms with E-state index in [0.717, 1.165) is 0 Å². The van der Waals surface area contributed by atoms with E-state index in [1.807, 2.05) is 0 Å². The highest BCUT2D eigenvalue weighted by Crippen LogP contribution is 2.47.